The van der Waals surface area contributed by atoms with Crippen molar-refractivity contribution < 1.29 is 87.2 Å². The van der Waals surface area contributed by atoms with Crippen LogP contribution in [0.3, 0.4) is 0 Å². The van der Waals surface area contributed by atoms with Crippen molar-refractivity contribution in [2.75, 3.05) is 35.9 Å². The van der Waals surface area contributed by atoms with Gasteiger partial charge in [0.15, 0.2) is 50.1 Å². The number of nitrogens with zero attached hydrogens (tertiary/aromatic N) is 4. The van der Waals surface area contributed by atoms with Gasteiger partial charge in [-0.1, -0.05) is 15.1 Å². The molecule has 0 radical (unpaired) electrons. The predicted octanol–water partition coefficient (Wildman–Crippen LogP) is 6.61. The summed E-state index contributed by atoms with van der Waals surface area (Å²) < 4.78 is 105. The van der Waals surface area contributed by atoms with Gasteiger partial charge in [-0.15, -0.1) is 23.2 Å². The van der Waals surface area contributed by atoms with Gasteiger partial charge in [-0.2, -0.15) is 18.6 Å². The molecule has 0 amide bonds. The van der Waals surface area contributed by atoms with Crippen LogP contribution in [0.2, 0.25) is 0 Å². The largest absolute Gasteiger partial charge is 0.505 e. The van der Waals surface area contributed by atoms with Crippen LogP contribution < -0.4 is 5.32 Å². The number of aromatic hydroxyl groups is 1. The molecule has 0 unspecified atom stereocenters. The molecule has 0 heterocycles. The average Bonchev–Trinajstić information content (AvgIpc) is 3.18. The van der Waals surface area contributed by atoms with E-state index < -0.39 is 52.9 Å². The van der Waals surface area contributed by atoms with Crippen molar-refractivity contribution >= 4 is 106 Å². The Kier molecular flexibility index (Phi) is 17.7. The third kappa shape index (κ3) is 14.0. The summed E-state index contributed by atoms with van der Waals surface area (Å²) in [5, 5.41) is 65.9. The first kappa shape index (κ1) is 46.1. The molecule has 0 saturated heterocycles. The molecule has 4 rings (SSSR count). The number of rotatable bonds is 24. The maximum absolute atomic E-state index is 12.6. The lowest BCUT2D eigenvalue weighted by Gasteiger charge is -2.14. The minimum absolute atomic E-state index is 0.00607. The van der Waals surface area contributed by atoms with Crippen LogP contribution in [-0.4, -0.2) is 81.3 Å². The van der Waals surface area contributed by atoms with Gasteiger partial charge in [-0.3, -0.25) is 12.9 Å². The first-order chi connectivity index (χ1) is 27.2. The van der Waals surface area contributed by atoms with Crippen LogP contribution in [0.5, 0.6) is 5.75 Å². The molecule has 0 bridgehead atoms. The Morgan fingerprint density at radius 2 is 1.11 bits per heavy atom. The van der Waals surface area contributed by atoms with E-state index in [4.69, 9.17) is 24.1 Å². The number of nitrogens with one attached hydrogen (secondary N) is 1. The number of phenolic OH excluding ortho intramolecular Hbond substituents is 1. The highest BCUT2D eigenvalue weighted by Crippen LogP contribution is 2.48. The summed E-state index contributed by atoms with van der Waals surface area (Å²) in [6, 6.07) is 14.2. The summed E-state index contributed by atoms with van der Waals surface area (Å²) in [5.74, 6) is -2.40. The van der Waals surface area contributed by atoms with Crippen molar-refractivity contribution in [3.05, 3.63) is 66.7 Å². The van der Waals surface area contributed by atoms with Gasteiger partial charge >= 0.3 is 0 Å². The van der Waals surface area contributed by atoms with Gasteiger partial charge in [0.2, 0.25) is 0 Å². The van der Waals surface area contributed by atoms with E-state index in [0.29, 0.717) is 12.0 Å². The van der Waals surface area contributed by atoms with Crippen LogP contribution in [-0.2, 0) is 66.3 Å². The molecule has 6 N–H and O–H groups in total. The molecular formula is C27H27N5O19S6. The predicted molar refractivity (Wildman–Crippen MR) is 198 cm³/mol. The van der Waals surface area contributed by atoms with E-state index in [1.54, 1.807) is 0 Å². The smallest absolute Gasteiger partial charge is 0.283 e. The second-order valence-corrected chi connectivity index (χ2v) is 17.8. The molecule has 0 spiro atoms. The average molecular weight is 918 g/mol. The third-order valence-electron chi connectivity index (χ3n) is 6.81. The summed E-state index contributed by atoms with van der Waals surface area (Å²) in [6.07, 6.45) is 0. The van der Waals surface area contributed by atoms with E-state index in [-0.39, 0.29) is 91.8 Å². The van der Waals surface area contributed by atoms with Crippen LogP contribution >= 0.6 is 36.7 Å². The number of sulfone groups is 2. The van der Waals surface area contributed by atoms with Crippen LogP contribution in [0.1, 0.15) is 0 Å². The van der Waals surface area contributed by atoms with Crippen LogP contribution in [0.15, 0.2) is 102 Å². The number of azo groups is 2. The van der Waals surface area contributed by atoms with Gasteiger partial charge in [-0.25, -0.2) is 32.6 Å². The standard InChI is InChI=1S/C27H27N5O19S6/c33-27-21-9-10-23(28-16-57(41,42)43)25(31-29-17-1-5-19(6-2-17)55(37,38)13-11-44-53-50-47-35)22(21)15-24(52-49-46-34)26(27)32-30-18-3-7-20(8-4-18)56(39,40)14-12-45-54-51-48-36/h1-10,15,28,33-36H,11-14,16H2,(H,41,42,43)/b31-29+,32-30+. The van der Waals surface area contributed by atoms with E-state index in [1.165, 1.54) is 66.7 Å². The van der Waals surface area contributed by atoms with Gasteiger partial charge in [0.25, 0.3) is 10.1 Å². The number of benzene rings is 4. The van der Waals surface area contributed by atoms with Crippen molar-refractivity contribution in [2.24, 2.45) is 20.5 Å². The zero-order valence-electron chi connectivity index (χ0n) is 28.1. The van der Waals surface area contributed by atoms with E-state index >= 15 is 0 Å². The monoisotopic (exact) mass is 917 g/mol. The molecule has 0 aliphatic heterocycles. The lowest BCUT2D eigenvalue weighted by Crippen LogP contribution is -2.13. The van der Waals surface area contributed by atoms with Gasteiger partial charge in [0.05, 0.1) is 68.5 Å². The first-order valence-electron chi connectivity index (χ1n) is 14.9. The molecule has 0 aromatic heterocycles. The quantitative estimate of drug-likeness (QED) is 0.0107. The highest BCUT2D eigenvalue weighted by atomic mass is 32.2. The Morgan fingerprint density at radius 1 is 0.614 bits per heavy atom. The molecule has 57 heavy (non-hydrogen) atoms. The maximum Gasteiger partial charge on any atom is 0.283 e. The molecule has 310 valence electrons. The van der Waals surface area contributed by atoms with Crippen molar-refractivity contribution in [2.45, 2.75) is 14.7 Å². The second-order valence-electron chi connectivity index (χ2n) is 10.3. The number of hydrogen-bond acceptors (Lipinski definition) is 26. The second kappa shape index (κ2) is 21.9. The minimum Gasteiger partial charge on any atom is -0.505 e. The van der Waals surface area contributed by atoms with Crippen molar-refractivity contribution in [3.63, 3.8) is 0 Å². The van der Waals surface area contributed by atoms with Crippen molar-refractivity contribution in [1.29, 1.82) is 0 Å². The SMILES string of the molecule is O=S(=O)(O)CNc1ccc2c(O)c(/N=N/c3ccc(S(=O)(=O)CCOSOOO)cc3)c(SOOO)cc2c1/N=N/c1ccc(S(=O)(=O)CCOSOOO)cc1. The summed E-state index contributed by atoms with van der Waals surface area (Å²) in [6.45, 7) is -0.625. The first-order valence-corrected chi connectivity index (χ1v) is 21.9. The lowest BCUT2D eigenvalue weighted by molar-refractivity contribution is -0.434. The van der Waals surface area contributed by atoms with E-state index in [1.807, 2.05) is 0 Å². The number of hydrogen-bond donors (Lipinski definition) is 6. The molecule has 0 aliphatic rings. The van der Waals surface area contributed by atoms with Crippen molar-refractivity contribution in [1.82, 2.24) is 0 Å². The van der Waals surface area contributed by atoms with Crippen molar-refractivity contribution in [3.8, 4) is 5.75 Å². The molecule has 30 heteroatoms. The number of anilines is 1. The van der Waals surface area contributed by atoms with Crippen LogP contribution in [0.4, 0.5) is 28.4 Å². The Bertz CT molecular complexity index is 2350. The topological polar surface area (TPSA) is 339 Å². The Hall–Kier alpha value is -3.64. The van der Waals surface area contributed by atoms with E-state index in [0.717, 1.165) is 0 Å². The third-order valence-corrected chi connectivity index (χ3v) is 12.1. The molecule has 4 aromatic carbocycles. The van der Waals surface area contributed by atoms with Crippen LogP contribution in [0.25, 0.3) is 10.8 Å². The summed E-state index contributed by atoms with van der Waals surface area (Å²) >= 11 is 0.800. The van der Waals surface area contributed by atoms with E-state index in [9.17, 15) is 34.9 Å². The van der Waals surface area contributed by atoms with Gasteiger partial charge < -0.3 is 10.4 Å². The van der Waals surface area contributed by atoms with E-state index in [2.05, 4.69) is 53.9 Å². The zero-order chi connectivity index (χ0) is 41.5. The lowest BCUT2D eigenvalue weighted by atomic mass is 10.1. The minimum atomic E-state index is -4.55. The number of phenols is 1. The molecule has 0 atom stereocenters. The number of fused-ring (bicyclic) bond motifs is 1. The molecule has 0 saturated carbocycles. The normalized spacial score (nSPS) is 12.6. The fourth-order valence-electron chi connectivity index (χ4n) is 4.35. The Balaban J connectivity index is 1.68. The summed E-state index contributed by atoms with van der Waals surface area (Å²) in [7, 11) is -12.2. The summed E-state index contributed by atoms with van der Waals surface area (Å²) in [5.41, 5.74) is -0.0773. The van der Waals surface area contributed by atoms with Gasteiger partial charge in [-0.05, 0) is 66.7 Å². The molecular weight excluding hydrogens is 891 g/mol. The van der Waals surface area contributed by atoms with Crippen LogP contribution in [0, 0.1) is 0 Å². The van der Waals surface area contributed by atoms with Gasteiger partial charge in [0, 0.05) is 10.8 Å². The summed E-state index contributed by atoms with van der Waals surface area (Å²) in [4.78, 5) is -0.240. The fourth-order valence-corrected chi connectivity index (χ4v) is 7.99. The fraction of sp³-hybridized carbons (Fsp3) is 0.185. The maximum atomic E-state index is 12.6. The van der Waals surface area contributed by atoms with Gasteiger partial charge in [0.1, 0.15) is 17.3 Å². The molecule has 4 aromatic rings. The molecule has 0 aliphatic carbocycles. The molecule has 0 fully saturated rings. The zero-order valence-corrected chi connectivity index (χ0v) is 33.0. The highest BCUT2D eigenvalue weighted by molar-refractivity contribution is 7.94. The molecule has 24 nitrogen and oxygen atoms in total. The highest BCUT2D eigenvalue weighted by Gasteiger charge is 2.21. The Morgan fingerprint density at radius 3 is 1.58 bits per heavy atom. The Labute approximate surface area is 334 Å².